The fourth-order valence-electron chi connectivity index (χ4n) is 2.85. The van der Waals surface area contributed by atoms with E-state index in [4.69, 9.17) is 4.74 Å². The summed E-state index contributed by atoms with van der Waals surface area (Å²) in [6, 6.07) is 14.1. The van der Waals surface area contributed by atoms with Gasteiger partial charge in [0.15, 0.2) is 12.3 Å². The smallest absolute Gasteiger partial charge is 0.359 e. The van der Waals surface area contributed by atoms with Gasteiger partial charge < -0.3 is 10.1 Å². The number of nitrogens with zero attached hydrogens (tertiary/aromatic N) is 2. The second-order valence-electron chi connectivity index (χ2n) is 5.74. The van der Waals surface area contributed by atoms with Crippen molar-refractivity contribution in [2.75, 3.05) is 23.4 Å². The first-order valence-corrected chi connectivity index (χ1v) is 7.93. The number of aromatic amines is 1. The molecule has 1 aliphatic rings. The van der Waals surface area contributed by atoms with Crippen LogP contribution in [0.1, 0.15) is 10.5 Å². The molecular formula is C18H14N4O4. The van der Waals surface area contributed by atoms with Crippen molar-refractivity contribution < 1.29 is 19.1 Å². The molecule has 0 atom stereocenters. The summed E-state index contributed by atoms with van der Waals surface area (Å²) in [7, 11) is 0. The molecule has 26 heavy (non-hydrogen) atoms. The summed E-state index contributed by atoms with van der Waals surface area (Å²) in [5, 5.41) is 10.0. The summed E-state index contributed by atoms with van der Waals surface area (Å²) in [6.45, 7) is -0.611. The highest BCUT2D eigenvalue weighted by Gasteiger charge is 2.27. The molecule has 2 heterocycles. The number of para-hydroxylation sites is 3. The number of benzene rings is 2. The first-order chi connectivity index (χ1) is 12.6. The van der Waals surface area contributed by atoms with E-state index in [2.05, 4.69) is 15.5 Å². The molecular weight excluding hydrogens is 336 g/mol. The van der Waals surface area contributed by atoms with E-state index in [0.717, 1.165) is 0 Å². The van der Waals surface area contributed by atoms with Crippen LogP contribution in [0, 0.1) is 0 Å². The fourth-order valence-corrected chi connectivity index (χ4v) is 2.85. The molecule has 2 aromatic carbocycles. The van der Waals surface area contributed by atoms with E-state index >= 15 is 0 Å². The average molecular weight is 350 g/mol. The van der Waals surface area contributed by atoms with Gasteiger partial charge in [0.1, 0.15) is 6.54 Å². The molecule has 0 fully saturated rings. The fraction of sp³-hybridized carbons (Fsp3) is 0.111. The third kappa shape index (κ3) is 2.77. The average Bonchev–Trinajstić information content (AvgIpc) is 3.09. The van der Waals surface area contributed by atoms with Crippen LogP contribution in [0.3, 0.4) is 0 Å². The number of carbonyl (C=O) groups excluding carboxylic acids is 3. The van der Waals surface area contributed by atoms with Crippen LogP contribution in [0.25, 0.3) is 10.9 Å². The SMILES string of the molecule is O=C1CN(C(=O)COC(=O)c2n[nH]c3ccccc23)c2ccccc2N1. The minimum absolute atomic E-state index is 0.116. The molecule has 0 saturated heterocycles. The second kappa shape index (κ2) is 6.32. The lowest BCUT2D eigenvalue weighted by atomic mass is 10.2. The molecule has 8 heteroatoms. The van der Waals surface area contributed by atoms with E-state index in [-0.39, 0.29) is 18.1 Å². The molecule has 0 aliphatic carbocycles. The zero-order valence-electron chi connectivity index (χ0n) is 13.6. The minimum atomic E-state index is -0.703. The zero-order valence-corrected chi connectivity index (χ0v) is 13.6. The lowest BCUT2D eigenvalue weighted by Gasteiger charge is -2.28. The van der Waals surface area contributed by atoms with E-state index < -0.39 is 18.5 Å². The number of H-pyrrole nitrogens is 1. The van der Waals surface area contributed by atoms with Gasteiger partial charge in [0.25, 0.3) is 5.91 Å². The summed E-state index contributed by atoms with van der Waals surface area (Å²) in [6.07, 6.45) is 0. The highest BCUT2D eigenvalue weighted by molar-refractivity contribution is 6.10. The van der Waals surface area contributed by atoms with Crippen molar-refractivity contribution in [3.05, 3.63) is 54.2 Å². The number of hydrogen-bond donors (Lipinski definition) is 2. The maximum atomic E-state index is 12.5. The largest absolute Gasteiger partial charge is 0.451 e. The van der Waals surface area contributed by atoms with E-state index in [1.54, 1.807) is 42.5 Å². The number of nitrogens with one attached hydrogen (secondary N) is 2. The first-order valence-electron chi connectivity index (χ1n) is 7.93. The maximum absolute atomic E-state index is 12.5. The minimum Gasteiger partial charge on any atom is -0.451 e. The number of amides is 2. The molecule has 0 bridgehead atoms. The van der Waals surface area contributed by atoms with Crippen LogP contribution in [-0.4, -0.2) is 41.1 Å². The Balaban J connectivity index is 1.49. The topological polar surface area (TPSA) is 104 Å². The van der Waals surface area contributed by atoms with E-state index in [9.17, 15) is 14.4 Å². The van der Waals surface area contributed by atoms with E-state index in [1.165, 1.54) is 4.90 Å². The van der Waals surface area contributed by atoms with Crippen molar-refractivity contribution >= 4 is 40.1 Å². The van der Waals surface area contributed by atoms with Crippen LogP contribution in [0.5, 0.6) is 0 Å². The van der Waals surface area contributed by atoms with Crippen molar-refractivity contribution in [1.82, 2.24) is 10.2 Å². The highest BCUT2D eigenvalue weighted by atomic mass is 16.5. The Kier molecular flexibility index (Phi) is 3.85. The van der Waals surface area contributed by atoms with Gasteiger partial charge in [0.05, 0.1) is 16.9 Å². The van der Waals surface area contributed by atoms with Crippen molar-refractivity contribution in [3.63, 3.8) is 0 Å². The number of esters is 1. The summed E-state index contributed by atoms with van der Waals surface area (Å²) in [4.78, 5) is 37.8. The Labute approximate surface area is 147 Å². The molecule has 1 aliphatic heterocycles. The molecule has 0 spiro atoms. The molecule has 8 nitrogen and oxygen atoms in total. The number of anilines is 2. The van der Waals surface area contributed by atoms with Gasteiger partial charge in [0.2, 0.25) is 5.91 Å². The first kappa shape index (κ1) is 15.8. The third-order valence-corrected chi connectivity index (χ3v) is 4.06. The van der Waals surface area contributed by atoms with Gasteiger partial charge in [-0.2, -0.15) is 5.10 Å². The van der Waals surface area contributed by atoms with Crippen LogP contribution in [0.4, 0.5) is 11.4 Å². The Morgan fingerprint density at radius 3 is 2.77 bits per heavy atom. The third-order valence-electron chi connectivity index (χ3n) is 4.06. The number of rotatable bonds is 3. The Morgan fingerprint density at radius 1 is 1.12 bits per heavy atom. The lowest BCUT2D eigenvalue weighted by molar-refractivity contribution is -0.124. The monoisotopic (exact) mass is 350 g/mol. The molecule has 130 valence electrons. The molecule has 0 saturated carbocycles. The summed E-state index contributed by atoms with van der Waals surface area (Å²) >= 11 is 0. The van der Waals surface area contributed by atoms with E-state index in [1.807, 2.05) is 6.07 Å². The number of carbonyl (C=O) groups is 3. The summed E-state index contributed by atoms with van der Waals surface area (Å²) in [5.74, 6) is -1.49. The van der Waals surface area contributed by atoms with Gasteiger partial charge in [-0.25, -0.2) is 4.79 Å². The van der Waals surface area contributed by atoms with Crippen LogP contribution < -0.4 is 10.2 Å². The van der Waals surface area contributed by atoms with Crippen LogP contribution in [0.2, 0.25) is 0 Å². The summed E-state index contributed by atoms with van der Waals surface area (Å²) in [5.41, 5.74) is 1.93. The summed E-state index contributed by atoms with van der Waals surface area (Å²) < 4.78 is 5.12. The molecule has 0 unspecified atom stereocenters. The molecule has 3 aromatic rings. The predicted octanol–water partition coefficient (Wildman–Crippen LogP) is 1.70. The molecule has 4 rings (SSSR count). The molecule has 2 N–H and O–H groups in total. The van der Waals surface area contributed by atoms with Crippen molar-refractivity contribution in [3.8, 4) is 0 Å². The standard InChI is InChI=1S/C18H14N4O4/c23-15-9-22(14-8-4-3-7-13(14)19-15)16(24)10-26-18(25)17-11-5-1-2-6-12(11)20-21-17/h1-8H,9-10H2,(H,19,23)(H,20,21). The Bertz CT molecular complexity index is 1030. The predicted molar refractivity (Wildman–Crippen MR) is 93.8 cm³/mol. The van der Waals surface area contributed by atoms with Gasteiger partial charge in [-0.15, -0.1) is 0 Å². The Hall–Kier alpha value is -3.68. The van der Waals surface area contributed by atoms with E-state index in [0.29, 0.717) is 22.3 Å². The molecule has 0 radical (unpaired) electrons. The van der Waals surface area contributed by atoms with Crippen molar-refractivity contribution in [2.24, 2.45) is 0 Å². The van der Waals surface area contributed by atoms with Crippen LogP contribution in [-0.2, 0) is 14.3 Å². The quantitative estimate of drug-likeness (QED) is 0.700. The normalized spacial score (nSPS) is 13.2. The maximum Gasteiger partial charge on any atom is 0.359 e. The van der Waals surface area contributed by atoms with Gasteiger partial charge in [-0.05, 0) is 18.2 Å². The number of ether oxygens (including phenoxy) is 1. The number of aromatic nitrogens is 2. The van der Waals surface area contributed by atoms with Gasteiger partial charge in [-0.1, -0.05) is 30.3 Å². The lowest BCUT2D eigenvalue weighted by Crippen LogP contribution is -2.44. The Morgan fingerprint density at radius 2 is 1.88 bits per heavy atom. The second-order valence-corrected chi connectivity index (χ2v) is 5.74. The van der Waals surface area contributed by atoms with Gasteiger partial charge in [0, 0.05) is 5.39 Å². The zero-order chi connectivity index (χ0) is 18.1. The van der Waals surface area contributed by atoms with Crippen LogP contribution in [0.15, 0.2) is 48.5 Å². The highest BCUT2D eigenvalue weighted by Crippen LogP contribution is 2.28. The van der Waals surface area contributed by atoms with Gasteiger partial charge >= 0.3 is 5.97 Å². The number of hydrogen-bond acceptors (Lipinski definition) is 5. The van der Waals surface area contributed by atoms with Crippen LogP contribution >= 0.6 is 0 Å². The number of fused-ring (bicyclic) bond motifs is 2. The van der Waals surface area contributed by atoms with Crippen molar-refractivity contribution in [2.45, 2.75) is 0 Å². The van der Waals surface area contributed by atoms with Crippen molar-refractivity contribution in [1.29, 1.82) is 0 Å². The molecule has 1 aromatic heterocycles. The molecule has 2 amide bonds. The van der Waals surface area contributed by atoms with Gasteiger partial charge in [-0.3, -0.25) is 19.6 Å².